The maximum absolute atomic E-state index is 11.7. The van der Waals surface area contributed by atoms with Crippen LogP contribution in [0.15, 0.2) is 29.2 Å². The second-order valence-corrected chi connectivity index (χ2v) is 7.04. The van der Waals surface area contributed by atoms with Gasteiger partial charge in [0.1, 0.15) is 0 Å². The van der Waals surface area contributed by atoms with Crippen LogP contribution < -0.4 is 5.73 Å². The molecule has 0 aromatic heterocycles. The number of nitrogens with two attached hydrogens (primary N) is 1. The smallest absolute Gasteiger partial charge is 0.311 e. The van der Waals surface area contributed by atoms with E-state index in [0.29, 0.717) is 17.6 Å². The van der Waals surface area contributed by atoms with Crippen molar-refractivity contribution in [3.63, 3.8) is 0 Å². The average Bonchev–Trinajstić information content (AvgIpc) is 3.16. The third kappa shape index (κ3) is 2.28. The lowest BCUT2D eigenvalue weighted by Gasteiger charge is -2.30. The molecule has 1 fully saturated rings. The average molecular weight is 277 g/mol. The number of fused-ring (bicyclic) bond motifs is 1. The summed E-state index contributed by atoms with van der Waals surface area (Å²) in [5, 5.41) is 9.98. The lowest BCUT2D eigenvalue weighted by Crippen LogP contribution is -2.42. The van der Waals surface area contributed by atoms with Gasteiger partial charge in [-0.1, -0.05) is 18.2 Å². The topological polar surface area (TPSA) is 63.3 Å². The Morgan fingerprint density at radius 1 is 1.42 bits per heavy atom. The molecule has 0 spiro atoms. The first kappa shape index (κ1) is 13.0. The molecule has 1 saturated carbocycles. The van der Waals surface area contributed by atoms with Crippen LogP contribution in [-0.4, -0.2) is 22.9 Å². The molecule has 1 aromatic carbocycles. The highest BCUT2D eigenvalue weighted by atomic mass is 32.2. The maximum atomic E-state index is 11.7. The van der Waals surface area contributed by atoms with Crippen LogP contribution in [0.5, 0.6) is 0 Å². The van der Waals surface area contributed by atoms with Gasteiger partial charge < -0.3 is 10.8 Å². The highest BCUT2D eigenvalue weighted by molar-refractivity contribution is 8.00. The summed E-state index contributed by atoms with van der Waals surface area (Å²) in [6.45, 7) is 0.264. The van der Waals surface area contributed by atoms with Crippen molar-refractivity contribution in [2.24, 2.45) is 17.1 Å². The molecule has 3 nitrogen and oxygen atoms in total. The highest BCUT2D eigenvalue weighted by Crippen LogP contribution is 2.51. The molecule has 0 bridgehead atoms. The van der Waals surface area contributed by atoms with Gasteiger partial charge in [0.05, 0.1) is 5.41 Å². The number of benzene rings is 1. The van der Waals surface area contributed by atoms with E-state index in [1.165, 1.54) is 10.5 Å². The van der Waals surface area contributed by atoms with Gasteiger partial charge in [0.2, 0.25) is 0 Å². The van der Waals surface area contributed by atoms with E-state index < -0.39 is 11.4 Å². The number of hydrogen-bond donors (Lipinski definition) is 2. The van der Waals surface area contributed by atoms with Crippen molar-refractivity contribution in [2.45, 2.75) is 35.8 Å². The number of rotatable bonds is 5. The molecular formula is C15H19NO2S. The van der Waals surface area contributed by atoms with E-state index in [0.717, 1.165) is 19.3 Å². The van der Waals surface area contributed by atoms with Crippen molar-refractivity contribution >= 4 is 17.7 Å². The summed E-state index contributed by atoms with van der Waals surface area (Å²) in [5.41, 5.74) is 6.50. The summed E-state index contributed by atoms with van der Waals surface area (Å²) >= 11 is 1.82. The van der Waals surface area contributed by atoms with E-state index >= 15 is 0 Å². The Kier molecular flexibility index (Phi) is 3.31. The monoisotopic (exact) mass is 277 g/mol. The molecule has 2 unspecified atom stereocenters. The van der Waals surface area contributed by atoms with Crippen molar-refractivity contribution in [2.75, 3.05) is 6.54 Å². The summed E-state index contributed by atoms with van der Waals surface area (Å²) in [6.07, 6.45) is 3.72. The van der Waals surface area contributed by atoms with Crippen molar-refractivity contribution < 1.29 is 9.90 Å². The predicted octanol–water partition coefficient (Wildman–Crippen LogP) is 2.53. The zero-order valence-electron chi connectivity index (χ0n) is 10.8. The van der Waals surface area contributed by atoms with Gasteiger partial charge >= 0.3 is 5.97 Å². The van der Waals surface area contributed by atoms with Gasteiger partial charge in [-0.15, -0.1) is 11.8 Å². The van der Waals surface area contributed by atoms with Crippen LogP contribution in [0.1, 0.15) is 24.8 Å². The second kappa shape index (κ2) is 4.84. The van der Waals surface area contributed by atoms with Gasteiger partial charge in [-0.05, 0) is 43.2 Å². The van der Waals surface area contributed by atoms with E-state index in [2.05, 4.69) is 18.2 Å². The first-order valence-electron chi connectivity index (χ1n) is 6.84. The Bertz CT molecular complexity index is 476. The van der Waals surface area contributed by atoms with Crippen LogP contribution in [0.25, 0.3) is 0 Å². The van der Waals surface area contributed by atoms with Crippen molar-refractivity contribution in [3.05, 3.63) is 29.8 Å². The van der Waals surface area contributed by atoms with Crippen molar-refractivity contribution in [1.29, 1.82) is 0 Å². The van der Waals surface area contributed by atoms with Gasteiger partial charge in [0, 0.05) is 16.7 Å². The highest BCUT2D eigenvalue weighted by Gasteiger charge is 2.51. The fourth-order valence-corrected chi connectivity index (χ4v) is 4.64. The van der Waals surface area contributed by atoms with Crippen LogP contribution in [0.4, 0.5) is 0 Å². The SMILES string of the molecule is NCC(CC1Cc2ccccc2S1)(C(=O)O)C1CC1. The number of carboxylic acids is 1. The van der Waals surface area contributed by atoms with Crippen LogP contribution in [0.2, 0.25) is 0 Å². The van der Waals surface area contributed by atoms with E-state index in [-0.39, 0.29) is 6.54 Å². The lowest BCUT2D eigenvalue weighted by molar-refractivity contribution is -0.150. The van der Waals surface area contributed by atoms with E-state index in [9.17, 15) is 9.90 Å². The summed E-state index contributed by atoms with van der Waals surface area (Å²) in [6, 6.07) is 8.37. The minimum atomic E-state index is -0.700. The molecule has 0 saturated heterocycles. The fraction of sp³-hybridized carbons (Fsp3) is 0.533. The molecule has 2 atom stereocenters. The van der Waals surface area contributed by atoms with Crippen LogP contribution in [0, 0.1) is 11.3 Å². The molecule has 1 aliphatic carbocycles. The maximum Gasteiger partial charge on any atom is 0.311 e. The van der Waals surface area contributed by atoms with Gasteiger partial charge in [-0.2, -0.15) is 0 Å². The van der Waals surface area contributed by atoms with Gasteiger partial charge in [0.15, 0.2) is 0 Å². The largest absolute Gasteiger partial charge is 0.481 e. The standard InChI is InChI=1S/C15H19NO2S/c16-9-15(14(17)18,11-5-6-11)8-12-7-10-3-1-2-4-13(10)19-12/h1-4,11-12H,5-9,16H2,(H,17,18). The molecule has 1 aromatic rings. The molecule has 1 heterocycles. The molecule has 3 rings (SSSR count). The van der Waals surface area contributed by atoms with E-state index in [1.54, 1.807) is 0 Å². The van der Waals surface area contributed by atoms with E-state index in [1.807, 2.05) is 17.8 Å². The minimum absolute atomic E-state index is 0.264. The molecule has 0 radical (unpaired) electrons. The second-order valence-electron chi connectivity index (χ2n) is 5.70. The molecular weight excluding hydrogens is 258 g/mol. The Hall–Kier alpha value is -1.00. The first-order valence-corrected chi connectivity index (χ1v) is 7.72. The lowest BCUT2D eigenvalue weighted by atomic mass is 9.77. The Labute approximate surface area is 117 Å². The van der Waals surface area contributed by atoms with Gasteiger partial charge in [-0.3, -0.25) is 4.79 Å². The van der Waals surface area contributed by atoms with Crippen LogP contribution >= 0.6 is 11.8 Å². The summed E-state index contributed by atoms with van der Waals surface area (Å²) in [5.74, 6) is -0.409. The third-order valence-corrected chi connectivity index (χ3v) is 5.77. The molecule has 19 heavy (non-hydrogen) atoms. The quantitative estimate of drug-likeness (QED) is 0.868. The molecule has 4 heteroatoms. The number of carboxylic acid groups (broad SMARTS) is 1. The van der Waals surface area contributed by atoms with Gasteiger partial charge in [-0.25, -0.2) is 0 Å². The van der Waals surface area contributed by atoms with Gasteiger partial charge in [0.25, 0.3) is 0 Å². The Morgan fingerprint density at radius 3 is 2.74 bits per heavy atom. The predicted molar refractivity (Wildman–Crippen MR) is 76.3 cm³/mol. The Morgan fingerprint density at radius 2 is 2.16 bits per heavy atom. The Balaban J connectivity index is 1.76. The summed E-state index contributed by atoms with van der Waals surface area (Å²) in [7, 11) is 0. The van der Waals surface area contributed by atoms with E-state index in [4.69, 9.17) is 5.73 Å². The number of carbonyl (C=O) groups is 1. The first-order chi connectivity index (χ1) is 9.15. The minimum Gasteiger partial charge on any atom is -0.481 e. The zero-order chi connectivity index (χ0) is 13.5. The summed E-state index contributed by atoms with van der Waals surface area (Å²) in [4.78, 5) is 13.0. The molecule has 102 valence electrons. The number of aliphatic carboxylic acids is 1. The zero-order valence-corrected chi connectivity index (χ0v) is 11.7. The molecule has 1 aliphatic heterocycles. The number of hydrogen-bond acceptors (Lipinski definition) is 3. The normalized spacial score (nSPS) is 24.8. The summed E-state index contributed by atoms with van der Waals surface area (Å²) < 4.78 is 0. The number of thioether (sulfide) groups is 1. The fourth-order valence-electron chi connectivity index (χ4n) is 3.18. The van der Waals surface area contributed by atoms with Crippen LogP contribution in [-0.2, 0) is 11.2 Å². The molecule has 0 amide bonds. The third-order valence-electron chi connectivity index (χ3n) is 4.45. The molecule has 3 N–H and O–H groups in total. The molecule has 2 aliphatic rings. The van der Waals surface area contributed by atoms with Crippen molar-refractivity contribution in [3.8, 4) is 0 Å². The van der Waals surface area contributed by atoms with Crippen molar-refractivity contribution in [1.82, 2.24) is 0 Å². The van der Waals surface area contributed by atoms with Crippen LogP contribution in [0.3, 0.4) is 0 Å².